The van der Waals surface area contributed by atoms with Gasteiger partial charge in [-0.05, 0) is 38.5 Å². The third kappa shape index (κ3) is 4.66. The number of aliphatic carboxylic acids is 1. The molecule has 0 aromatic heterocycles. The number of carboxylic acids is 1. The highest BCUT2D eigenvalue weighted by molar-refractivity contribution is 5.90. The second-order valence-electron chi connectivity index (χ2n) is 5.41. The lowest BCUT2D eigenvalue weighted by Crippen LogP contribution is -2.42. The van der Waals surface area contributed by atoms with Crippen molar-refractivity contribution < 1.29 is 14.7 Å². The summed E-state index contributed by atoms with van der Waals surface area (Å²) in [6, 6.07) is 4.74. The highest BCUT2D eigenvalue weighted by Gasteiger charge is 2.20. The predicted octanol–water partition coefficient (Wildman–Crippen LogP) is 2.29. The number of nitrogens with zero attached hydrogens (tertiary/aromatic N) is 1. The van der Waals surface area contributed by atoms with Crippen LogP contribution in [0.4, 0.5) is 16.2 Å². The van der Waals surface area contributed by atoms with Crippen LogP contribution in [-0.4, -0.2) is 37.2 Å². The van der Waals surface area contributed by atoms with Gasteiger partial charge in [0.1, 0.15) is 0 Å². The maximum atomic E-state index is 11.9. The first kappa shape index (κ1) is 16.8. The van der Waals surface area contributed by atoms with Gasteiger partial charge in [0.15, 0.2) is 0 Å². The Morgan fingerprint density at radius 1 is 1.24 bits per heavy atom. The number of urea groups is 1. The smallest absolute Gasteiger partial charge is 0.319 e. The standard InChI is InChI=1S/C15H23N3O3/c1-9-6-7-12(8-13(9)18(4)5)17-15(21)16-11(3)10(2)14(19)20/h6-8,10-11H,1-5H3,(H,19,20)(H2,16,17,21). The lowest BCUT2D eigenvalue weighted by Gasteiger charge is -2.20. The van der Waals surface area contributed by atoms with E-state index in [1.807, 2.05) is 44.1 Å². The summed E-state index contributed by atoms with van der Waals surface area (Å²) in [4.78, 5) is 24.7. The second-order valence-corrected chi connectivity index (χ2v) is 5.41. The Labute approximate surface area is 125 Å². The lowest BCUT2D eigenvalue weighted by atomic mass is 10.0. The first-order chi connectivity index (χ1) is 9.72. The molecule has 2 unspecified atom stereocenters. The van der Waals surface area contributed by atoms with Gasteiger partial charge in [-0.25, -0.2) is 4.79 Å². The molecule has 0 heterocycles. The first-order valence-electron chi connectivity index (χ1n) is 6.80. The topological polar surface area (TPSA) is 81.7 Å². The molecule has 3 N–H and O–H groups in total. The largest absolute Gasteiger partial charge is 0.481 e. The highest BCUT2D eigenvalue weighted by Crippen LogP contribution is 2.22. The summed E-state index contributed by atoms with van der Waals surface area (Å²) in [6.07, 6.45) is 0. The van der Waals surface area contributed by atoms with Gasteiger partial charge in [0.05, 0.1) is 5.92 Å². The molecule has 2 amide bonds. The van der Waals surface area contributed by atoms with E-state index in [2.05, 4.69) is 10.6 Å². The first-order valence-corrected chi connectivity index (χ1v) is 6.80. The van der Waals surface area contributed by atoms with E-state index in [9.17, 15) is 9.59 Å². The van der Waals surface area contributed by atoms with E-state index in [1.165, 1.54) is 0 Å². The number of rotatable bonds is 5. The maximum Gasteiger partial charge on any atom is 0.319 e. The third-order valence-corrected chi connectivity index (χ3v) is 3.45. The molecule has 6 nitrogen and oxygen atoms in total. The van der Waals surface area contributed by atoms with Crippen LogP contribution in [0.15, 0.2) is 18.2 Å². The fourth-order valence-electron chi connectivity index (χ4n) is 1.88. The summed E-state index contributed by atoms with van der Waals surface area (Å²) in [6.45, 7) is 5.22. The molecule has 1 aromatic carbocycles. The fraction of sp³-hybridized carbons (Fsp3) is 0.467. The molecule has 0 fully saturated rings. The molecule has 0 radical (unpaired) electrons. The zero-order valence-electron chi connectivity index (χ0n) is 13.1. The monoisotopic (exact) mass is 293 g/mol. The molecule has 2 atom stereocenters. The molecule has 0 aliphatic heterocycles. The number of carbonyl (C=O) groups excluding carboxylic acids is 1. The summed E-state index contributed by atoms with van der Waals surface area (Å²) in [5, 5.41) is 14.3. The Bertz CT molecular complexity index is 529. The molecule has 1 rings (SSSR count). The number of nitrogens with one attached hydrogen (secondary N) is 2. The second kappa shape index (κ2) is 6.97. The fourth-order valence-corrected chi connectivity index (χ4v) is 1.88. The summed E-state index contributed by atoms with van der Waals surface area (Å²) in [5.74, 6) is -1.58. The van der Waals surface area contributed by atoms with Crippen molar-refractivity contribution in [3.05, 3.63) is 23.8 Å². The molecule has 0 spiro atoms. The van der Waals surface area contributed by atoms with Gasteiger partial charge in [0.2, 0.25) is 0 Å². The van der Waals surface area contributed by atoms with E-state index >= 15 is 0 Å². The van der Waals surface area contributed by atoms with Gasteiger partial charge < -0.3 is 20.6 Å². The van der Waals surface area contributed by atoms with Gasteiger partial charge in [-0.1, -0.05) is 6.07 Å². The van der Waals surface area contributed by atoms with Crippen molar-refractivity contribution in [1.82, 2.24) is 5.32 Å². The zero-order chi connectivity index (χ0) is 16.2. The molecule has 6 heteroatoms. The molecule has 21 heavy (non-hydrogen) atoms. The van der Waals surface area contributed by atoms with Crippen LogP contribution in [0.25, 0.3) is 0 Å². The van der Waals surface area contributed by atoms with Crippen molar-refractivity contribution in [1.29, 1.82) is 0 Å². The van der Waals surface area contributed by atoms with Crippen LogP contribution >= 0.6 is 0 Å². The summed E-state index contributed by atoms with van der Waals surface area (Å²) in [5.41, 5.74) is 2.79. The minimum atomic E-state index is -0.937. The third-order valence-electron chi connectivity index (χ3n) is 3.45. The van der Waals surface area contributed by atoms with E-state index in [4.69, 9.17) is 5.11 Å². The summed E-state index contributed by atoms with van der Waals surface area (Å²) >= 11 is 0. The quantitative estimate of drug-likeness (QED) is 0.778. The minimum absolute atomic E-state index is 0.413. The SMILES string of the molecule is Cc1ccc(NC(=O)NC(C)C(C)C(=O)O)cc1N(C)C. The molecular weight excluding hydrogens is 270 g/mol. The Morgan fingerprint density at radius 3 is 2.38 bits per heavy atom. The normalized spacial score (nSPS) is 13.2. The summed E-state index contributed by atoms with van der Waals surface area (Å²) in [7, 11) is 3.87. The molecule has 0 saturated carbocycles. The van der Waals surface area contributed by atoms with Crippen molar-refractivity contribution in [2.75, 3.05) is 24.3 Å². The summed E-state index contributed by atoms with van der Waals surface area (Å²) < 4.78 is 0. The van der Waals surface area contributed by atoms with E-state index in [0.717, 1.165) is 11.3 Å². The molecule has 0 aliphatic carbocycles. The zero-order valence-corrected chi connectivity index (χ0v) is 13.1. The van der Waals surface area contributed by atoms with Crippen molar-refractivity contribution >= 4 is 23.4 Å². The molecule has 0 bridgehead atoms. The van der Waals surface area contributed by atoms with Crippen LogP contribution in [-0.2, 0) is 4.79 Å². The van der Waals surface area contributed by atoms with E-state index in [-0.39, 0.29) is 0 Å². The Balaban J connectivity index is 2.71. The van der Waals surface area contributed by atoms with E-state index < -0.39 is 24.0 Å². The molecule has 0 saturated heterocycles. The van der Waals surface area contributed by atoms with Crippen molar-refractivity contribution in [3.63, 3.8) is 0 Å². The van der Waals surface area contributed by atoms with Crippen LogP contribution < -0.4 is 15.5 Å². The Morgan fingerprint density at radius 2 is 1.86 bits per heavy atom. The van der Waals surface area contributed by atoms with Crippen LogP contribution in [0.5, 0.6) is 0 Å². The van der Waals surface area contributed by atoms with Gasteiger partial charge in [-0.15, -0.1) is 0 Å². The number of carboxylic acid groups (broad SMARTS) is 1. The van der Waals surface area contributed by atoms with Gasteiger partial charge >= 0.3 is 12.0 Å². The van der Waals surface area contributed by atoms with Gasteiger partial charge in [0.25, 0.3) is 0 Å². The minimum Gasteiger partial charge on any atom is -0.481 e. The van der Waals surface area contributed by atoms with E-state index in [0.29, 0.717) is 5.69 Å². The number of hydrogen-bond donors (Lipinski definition) is 3. The Kier molecular flexibility index (Phi) is 5.58. The van der Waals surface area contributed by atoms with Crippen LogP contribution in [0.3, 0.4) is 0 Å². The molecule has 116 valence electrons. The Hall–Kier alpha value is -2.24. The van der Waals surface area contributed by atoms with Gasteiger partial charge in [0, 0.05) is 31.5 Å². The number of anilines is 2. The van der Waals surface area contributed by atoms with Crippen molar-refractivity contribution in [2.24, 2.45) is 5.92 Å². The highest BCUT2D eigenvalue weighted by atomic mass is 16.4. The van der Waals surface area contributed by atoms with Crippen molar-refractivity contribution in [2.45, 2.75) is 26.8 Å². The molecule has 1 aromatic rings. The van der Waals surface area contributed by atoms with Crippen LogP contribution in [0, 0.1) is 12.8 Å². The number of benzene rings is 1. The van der Waals surface area contributed by atoms with Gasteiger partial charge in [-0.2, -0.15) is 0 Å². The van der Waals surface area contributed by atoms with Crippen LogP contribution in [0.2, 0.25) is 0 Å². The average Bonchev–Trinajstić information content (AvgIpc) is 2.39. The van der Waals surface area contributed by atoms with Crippen LogP contribution in [0.1, 0.15) is 19.4 Å². The number of amides is 2. The number of hydrogen-bond acceptors (Lipinski definition) is 3. The number of aryl methyl sites for hydroxylation is 1. The van der Waals surface area contributed by atoms with Crippen molar-refractivity contribution in [3.8, 4) is 0 Å². The molecular formula is C15H23N3O3. The average molecular weight is 293 g/mol. The predicted molar refractivity (Wildman–Crippen MR) is 83.9 cm³/mol. The number of carbonyl (C=O) groups is 2. The van der Waals surface area contributed by atoms with Gasteiger partial charge in [-0.3, -0.25) is 4.79 Å². The lowest BCUT2D eigenvalue weighted by molar-refractivity contribution is -0.141. The molecule has 0 aliphatic rings. The maximum absolute atomic E-state index is 11.9. The van der Waals surface area contributed by atoms with E-state index in [1.54, 1.807) is 13.8 Å².